The van der Waals surface area contributed by atoms with Gasteiger partial charge in [0, 0.05) is 12.1 Å². The van der Waals surface area contributed by atoms with Crippen LogP contribution in [0.1, 0.15) is 18.4 Å². The quantitative estimate of drug-likeness (QED) is 0.826. The van der Waals surface area contributed by atoms with Crippen molar-refractivity contribution in [3.63, 3.8) is 0 Å². The minimum atomic E-state index is -0.0615. The number of amides is 1. The number of carbonyl (C=O) groups excluding carboxylic acids is 1. The molecule has 0 bridgehead atoms. The van der Waals surface area contributed by atoms with E-state index in [4.69, 9.17) is 23.2 Å². The normalized spacial score (nSPS) is 15.4. The SMILES string of the molecule is O=C(/C=C\c1ccc(Cl)c(Cl)c1)NC1CC1. The second kappa shape index (κ2) is 4.89. The highest BCUT2D eigenvalue weighted by Crippen LogP contribution is 2.23. The molecule has 4 heteroatoms. The van der Waals surface area contributed by atoms with E-state index in [1.54, 1.807) is 18.2 Å². The molecule has 1 aromatic carbocycles. The molecule has 1 aromatic rings. The Kier molecular flexibility index (Phi) is 3.52. The molecule has 1 saturated carbocycles. The van der Waals surface area contributed by atoms with Gasteiger partial charge in [0.15, 0.2) is 0 Å². The third-order valence-corrected chi connectivity index (χ3v) is 3.03. The van der Waals surface area contributed by atoms with E-state index in [0.717, 1.165) is 18.4 Å². The number of nitrogens with one attached hydrogen (secondary N) is 1. The van der Waals surface area contributed by atoms with Crippen LogP contribution in [0.15, 0.2) is 24.3 Å². The first-order valence-electron chi connectivity index (χ1n) is 5.09. The maximum atomic E-state index is 11.4. The van der Waals surface area contributed by atoms with Crippen molar-refractivity contribution >= 4 is 35.2 Å². The van der Waals surface area contributed by atoms with Crippen molar-refractivity contribution in [1.82, 2.24) is 5.32 Å². The van der Waals surface area contributed by atoms with Gasteiger partial charge in [-0.3, -0.25) is 4.79 Å². The molecule has 2 nitrogen and oxygen atoms in total. The molecule has 2 rings (SSSR count). The second-order valence-electron chi connectivity index (χ2n) is 3.79. The third kappa shape index (κ3) is 3.26. The van der Waals surface area contributed by atoms with Crippen LogP contribution in [0.5, 0.6) is 0 Å². The fourth-order valence-electron chi connectivity index (χ4n) is 1.26. The van der Waals surface area contributed by atoms with E-state index in [-0.39, 0.29) is 5.91 Å². The van der Waals surface area contributed by atoms with Crippen molar-refractivity contribution in [2.75, 3.05) is 0 Å². The number of hydrogen-bond donors (Lipinski definition) is 1. The Morgan fingerprint density at radius 3 is 2.69 bits per heavy atom. The third-order valence-electron chi connectivity index (χ3n) is 2.29. The fraction of sp³-hybridized carbons (Fsp3) is 0.250. The van der Waals surface area contributed by atoms with Gasteiger partial charge in [0.05, 0.1) is 10.0 Å². The molecule has 0 heterocycles. The Hall–Kier alpha value is -0.990. The van der Waals surface area contributed by atoms with Gasteiger partial charge in [-0.2, -0.15) is 0 Å². The second-order valence-corrected chi connectivity index (χ2v) is 4.60. The van der Waals surface area contributed by atoms with Crippen molar-refractivity contribution in [1.29, 1.82) is 0 Å². The van der Waals surface area contributed by atoms with Crippen LogP contribution in [0.2, 0.25) is 10.0 Å². The molecular formula is C12H11Cl2NO. The molecule has 0 radical (unpaired) electrons. The first-order valence-corrected chi connectivity index (χ1v) is 5.84. The summed E-state index contributed by atoms with van der Waals surface area (Å²) < 4.78 is 0. The summed E-state index contributed by atoms with van der Waals surface area (Å²) in [7, 11) is 0. The lowest BCUT2D eigenvalue weighted by molar-refractivity contribution is -0.116. The first-order chi connectivity index (χ1) is 7.65. The minimum Gasteiger partial charge on any atom is -0.350 e. The molecule has 1 fully saturated rings. The van der Waals surface area contributed by atoms with Gasteiger partial charge in [-0.15, -0.1) is 0 Å². The van der Waals surface area contributed by atoms with Gasteiger partial charge >= 0.3 is 0 Å². The summed E-state index contributed by atoms with van der Waals surface area (Å²) in [4.78, 5) is 11.4. The summed E-state index contributed by atoms with van der Waals surface area (Å²) in [5, 5.41) is 3.87. The van der Waals surface area contributed by atoms with Crippen molar-refractivity contribution in [2.24, 2.45) is 0 Å². The molecule has 0 atom stereocenters. The molecule has 1 amide bonds. The number of hydrogen-bond acceptors (Lipinski definition) is 1. The monoisotopic (exact) mass is 255 g/mol. The Labute approximate surface area is 104 Å². The summed E-state index contributed by atoms with van der Waals surface area (Å²) in [5.41, 5.74) is 0.861. The first kappa shape index (κ1) is 11.5. The summed E-state index contributed by atoms with van der Waals surface area (Å²) in [6, 6.07) is 5.63. The van der Waals surface area contributed by atoms with E-state index >= 15 is 0 Å². The molecule has 0 saturated heterocycles. The highest BCUT2D eigenvalue weighted by molar-refractivity contribution is 6.42. The fourth-order valence-corrected chi connectivity index (χ4v) is 1.57. The molecule has 0 unspecified atom stereocenters. The number of carbonyl (C=O) groups is 1. The Bertz CT molecular complexity index is 439. The van der Waals surface area contributed by atoms with Crippen LogP contribution in [0.4, 0.5) is 0 Å². The lowest BCUT2D eigenvalue weighted by Crippen LogP contribution is -2.22. The molecule has 1 aliphatic carbocycles. The Balaban J connectivity index is 1.98. The van der Waals surface area contributed by atoms with E-state index in [0.29, 0.717) is 16.1 Å². The molecule has 84 valence electrons. The number of benzene rings is 1. The van der Waals surface area contributed by atoms with Gasteiger partial charge in [-0.25, -0.2) is 0 Å². The van der Waals surface area contributed by atoms with E-state index < -0.39 is 0 Å². The summed E-state index contributed by atoms with van der Waals surface area (Å²) >= 11 is 11.6. The van der Waals surface area contributed by atoms with Gasteiger partial charge in [-0.05, 0) is 36.6 Å². The number of rotatable bonds is 3. The highest BCUT2D eigenvalue weighted by atomic mass is 35.5. The zero-order chi connectivity index (χ0) is 11.5. The van der Waals surface area contributed by atoms with Crippen molar-refractivity contribution in [3.05, 3.63) is 39.9 Å². The molecule has 0 spiro atoms. The molecule has 16 heavy (non-hydrogen) atoms. The predicted molar refractivity (Wildman–Crippen MR) is 66.7 cm³/mol. The molecular weight excluding hydrogens is 245 g/mol. The summed E-state index contributed by atoms with van der Waals surface area (Å²) in [6.07, 6.45) is 5.41. The summed E-state index contributed by atoms with van der Waals surface area (Å²) in [5.74, 6) is -0.0615. The maximum absolute atomic E-state index is 11.4. The van der Waals surface area contributed by atoms with Crippen molar-refractivity contribution < 1.29 is 4.79 Å². The maximum Gasteiger partial charge on any atom is 0.244 e. The van der Waals surface area contributed by atoms with Gasteiger partial charge in [-0.1, -0.05) is 29.3 Å². The highest BCUT2D eigenvalue weighted by Gasteiger charge is 2.21. The van der Waals surface area contributed by atoms with E-state index in [9.17, 15) is 4.79 Å². The van der Waals surface area contributed by atoms with Crippen LogP contribution in [0.25, 0.3) is 6.08 Å². The van der Waals surface area contributed by atoms with Crippen molar-refractivity contribution in [2.45, 2.75) is 18.9 Å². The van der Waals surface area contributed by atoms with Crippen LogP contribution >= 0.6 is 23.2 Å². The van der Waals surface area contributed by atoms with Gasteiger partial charge in [0.2, 0.25) is 5.91 Å². The minimum absolute atomic E-state index is 0.0615. The lowest BCUT2D eigenvalue weighted by Gasteiger charge is -1.98. The van der Waals surface area contributed by atoms with Crippen molar-refractivity contribution in [3.8, 4) is 0 Å². The van der Waals surface area contributed by atoms with Crippen LogP contribution in [-0.4, -0.2) is 11.9 Å². The van der Waals surface area contributed by atoms with E-state index in [1.807, 2.05) is 6.07 Å². The average Bonchev–Trinajstić information content (AvgIpc) is 3.04. The predicted octanol–water partition coefficient (Wildman–Crippen LogP) is 3.29. The van der Waals surface area contributed by atoms with E-state index in [2.05, 4.69) is 5.32 Å². The summed E-state index contributed by atoms with van der Waals surface area (Å²) in [6.45, 7) is 0. The standard InChI is InChI=1S/C12H11Cl2NO/c13-10-5-1-8(7-11(10)14)2-6-12(16)15-9-3-4-9/h1-2,5-7,9H,3-4H2,(H,15,16)/b6-2-. The smallest absolute Gasteiger partial charge is 0.244 e. The average molecular weight is 256 g/mol. The van der Waals surface area contributed by atoms with Crippen LogP contribution in [0, 0.1) is 0 Å². The topological polar surface area (TPSA) is 29.1 Å². The number of halogens is 2. The van der Waals surface area contributed by atoms with Gasteiger partial charge in [0.1, 0.15) is 0 Å². The molecule has 1 N–H and O–H groups in total. The van der Waals surface area contributed by atoms with Gasteiger partial charge < -0.3 is 5.32 Å². The van der Waals surface area contributed by atoms with Crippen LogP contribution < -0.4 is 5.32 Å². The van der Waals surface area contributed by atoms with E-state index in [1.165, 1.54) is 6.08 Å². The Morgan fingerprint density at radius 2 is 2.06 bits per heavy atom. The van der Waals surface area contributed by atoms with Crippen LogP contribution in [0.3, 0.4) is 0 Å². The molecule has 0 aromatic heterocycles. The zero-order valence-corrected chi connectivity index (χ0v) is 10.1. The largest absolute Gasteiger partial charge is 0.350 e. The molecule has 0 aliphatic heterocycles. The molecule has 1 aliphatic rings. The van der Waals surface area contributed by atoms with Gasteiger partial charge in [0.25, 0.3) is 0 Å². The van der Waals surface area contributed by atoms with Crippen LogP contribution in [-0.2, 0) is 4.79 Å². The Morgan fingerprint density at radius 1 is 1.31 bits per heavy atom. The zero-order valence-electron chi connectivity index (χ0n) is 8.54. The lowest BCUT2D eigenvalue weighted by atomic mass is 10.2.